The van der Waals surface area contributed by atoms with Gasteiger partial charge < -0.3 is 10.1 Å². The first kappa shape index (κ1) is 13.0. The first-order valence-corrected chi connectivity index (χ1v) is 7.90. The molecule has 2 nitrogen and oxygen atoms in total. The molecule has 0 atom stereocenters. The van der Waals surface area contributed by atoms with E-state index >= 15 is 0 Å². The van der Waals surface area contributed by atoms with Crippen LogP contribution in [0.3, 0.4) is 0 Å². The summed E-state index contributed by atoms with van der Waals surface area (Å²) in [5, 5.41) is 3.54. The van der Waals surface area contributed by atoms with Gasteiger partial charge in [-0.25, -0.2) is 0 Å². The fourth-order valence-corrected chi connectivity index (χ4v) is 2.81. The third kappa shape index (κ3) is 3.97. The molecule has 0 unspecified atom stereocenters. The number of nitrogens with one attached hydrogen (secondary N) is 1. The van der Waals surface area contributed by atoms with E-state index in [0.29, 0.717) is 0 Å². The minimum atomic E-state index is 0.835. The average Bonchev–Trinajstić information content (AvgIpc) is 3.27. The van der Waals surface area contributed by atoms with Crippen LogP contribution in [0, 0.1) is 0 Å². The van der Waals surface area contributed by atoms with Crippen LogP contribution in [-0.2, 0) is 12.8 Å². The molecule has 0 aliphatic heterocycles. The molecule has 0 amide bonds. The molecule has 1 aromatic carbocycles. The standard InChI is InChI=1S/C17H25NO/c1-2-6-15-13-17(10-7-14(15)5-1)19-12-4-3-11-18-16-8-9-16/h7,10,13,16,18H,1-6,8-9,11-12H2. The molecule has 0 saturated heterocycles. The molecular weight excluding hydrogens is 234 g/mol. The normalized spacial score (nSPS) is 18.1. The van der Waals surface area contributed by atoms with Gasteiger partial charge in [-0.05, 0) is 81.2 Å². The maximum atomic E-state index is 5.87. The van der Waals surface area contributed by atoms with Gasteiger partial charge in [0.05, 0.1) is 6.61 Å². The van der Waals surface area contributed by atoms with Crippen molar-refractivity contribution in [3.63, 3.8) is 0 Å². The van der Waals surface area contributed by atoms with Gasteiger partial charge in [0.25, 0.3) is 0 Å². The van der Waals surface area contributed by atoms with Crippen molar-refractivity contribution in [3.05, 3.63) is 29.3 Å². The van der Waals surface area contributed by atoms with Gasteiger partial charge in [0.2, 0.25) is 0 Å². The maximum absolute atomic E-state index is 5.87. The first-order valence-electron chi connectivity index (χ1n) is 7.90. The Kier molecular flexibility index (Phi) is 4.39. The van der Waals surface area contributed by atoms with Crippen LogP contribution in [-0.4, -0.2) is 19.2 Å². The van der Waals surface area contributed by atoms with Gasteiger partial charge in [-0.1, -0.05) is 6.07 Å². The summed E-state index contributed by atoms with van der Waals surface area (Å²) in [6.07, 6.45) is 10.3. The molecule has 1 saturated carbocycles. The molecule has 3 rings (SSSR count). The summed E-state index contributed by atoms with van der Waals surface area (Å²) in [5.41, 5.74) is 3.05. The first-order chi connectivity index (χ1) is 9.42. The van der Waals surface area contributed by atoms with Crippen LogP contribution in [0.5, 0.6) is 5.75 Å². The summed E-state index contributed by atoms with van der Waals surface area (Å²) in [7, 11) is 0. The van der Waals surface area contributed by atoms with Crippen LogP contribution < -0.4 is 10.1 Å². The fourth-order valence-electron chi connectivity index (χ4n) is 2.81. The Morgan fingerprint density at radius 3 is 2.74 bits per heavy atom. The van der Waals surface area contributed by atoms with Crippen molar-refractivity contribution < 1.29 is 4.74 Å². The summed E-state index contributed by atoms with van der Waals surface area (Å²) >= 11 is 0. The van der Waals surface area contributed by atoms with Crippen molar-refractivity contribution in [1.29, 1.82) is 0 Å². The van der Waals surface area contributed by atoms with E-state index in [0.717, 1.165) is 31.4 Å². The van der Waals surface area contributed by atoms with Crippen molar-refractivity contribution in [1.82, 2.24) is 5.32 Å². The zero-order chi connectivity index (χ0) is 12.9. The van der Waals surface area contributed by atoms with Crippen LogP contribution >= 0.6 is 0 Å². The molecule has 0 aromatic heterocycles. The predicted molar refractivity (Wildman–Crippen MR) is 78.8 cm³/mol. The lowest BCUT2D eigenvalue weighted by molar-refractivity contribution is 0.305. The summed E-state index contributed by atoms with van der Waals surface area (Å²) in [6, 6.07) is 7.50. The van der Waals surface area contributed by atoms with Crippen LogP contribution in [0.2, 0.25) is 0 Å². The van der Waals surface area contributed by atoms with Gasteiger partial charge in [0, 0.05) is 6.04 Å². The van der Waals surface area contributed by atoms with E-state index in [1.165, 1.54) is 56.1 Å². The van der Waals surface area contributed by atoms with E-state index in [2.05, 4.69) is 23.5 Å². The zero-order valence-electron chi connectivity index (χ0n) is 11.8. The lowest BCUT2D eigenvalue weighted by atomic mass is 9.92. The number of hydrogen-bond acceptors (Lipinski definition) is 2. The van der Waals surface area contributed by atoms with E-state index in [1.807, 2.05) is 0 Å². The molecule has 2 aliphatic carbocycles. The molecule has 104 valence electrons. The van der Waals surface area contributed by atoms with Crippen molar-refractivity contribution in [2.75, 3.05) is 13.2 Å². The van der Waals surface area contributed by atoms with E-state index in [4.69, 9.17) is 4.74 Å². The van der Waals surface area contributed by atoms with Gasteiger partial charge in [0.1, 0.15) is 5.75 Å². The van der Waals surface area contributed by atoms with Gasteiger partial charge in [-0.3, -0.25) is 0 Å². The van der Waals surface area contributed by atoms with Crippen LogP contribution in [0.25, 0.3) is 0 Å². The number of rotatable bonds is 7. The Hall–Kier alpha value is -1.02. The molecule has 2 aliphatic rings. The van der Waals surface area contributed by atoms with Crippen molar-refractivity contribution >= 4 is 0 Å². The molecule has 0 bridgehead atoms. The smallest absolute Gasteiger partial charge is 0.119 e. The predicted octanol–water partition coefficient (Wildman–Crippen LogP) is 3.48. The van der Waals surface area contributed by atoms with Gasteiger partial charge in [-0.2, -0.15) is 0 Å². The van der Waals surface area contributed by atoms with Gasteiger partial charge >= 0.3 is 0 Å². The second-order valence-electron chi connectivity index (χ2n) is 5.92. The van der Waals surface area contributed by atoms with Gasteiger partial charge in [0.15, 0.2) is 0 Å². The largest absolute Gasteiger partial charge is 0.494 e. The van der Waals surface area contributed by atoms with E-state index in [-0.39, 0.29) is 0 Å². The van der Waals surface area contributed by atoms with E-state index < -0.39 is 0 Å². The molecule has 0 heterocycles. The monoisotopic (exact) mass is 259 g/mol. The highest BCUT2D eigenvalue weighted by Gasteiger charge is 2.19. The van der Waals surface area contributed by atoms with Crippen LogP contribution in [0.1, 0.15) is 49.7 Å². The molecule has 1 N–H and O–H groups in total. The second-order valence-corrected chi connectivity index (χ2v) is 5.92. The topological polar surface area (TPSA) is 21.3 Å². The Morgan fingerprint density at radius 2 is 1.89 bits per heavy atom. The average molecular weight is 259 g/mol. The SMILES string of the molecule is c1cc2c(cc1OCCCCNC1CC1)CCCC2. The number of unbranched alkanes of at least 4 members (excludes halogenated alkanes) is 1. The number of ether oxygens (including phenoxy) is 1. The third-order valence-electron chi connectivity index (χ3n) is 4.17. The third-order valence-corrected chi connectivity index (χ3v) is 4.17. The summed E-state index contributed by atoms with van der Waals surface area (Å²) in [5.74, 6) is 1.07. The van der Waals surface area contributed by atoms with E-state index in [9.17, 15) is 0 Å². The highest BCUT2D eigenvalue weighted by Crippen LogP contribution is 2.25. The highest BCUT2D eigenvalue weighted by atomic mass is 16.5. The van der Waals surface area contributed by atoms with E-state index in [1.54, 1.807) is 0 Å². The zero-order valence-corrected chi connectivity index (χ0v) is 11.8. The minimum Gasteiger partial charge on any atom is -0.494 e. The number of hydrogen-bond donors (Lipinski definition) is 1. The molecule has 1 aromatic rings. The Morgan fingerprint density at radius 1 is 1.05 bits per heavy atom. The Labute approximate surface area is 116 Å². The molecule has 0 spiro atoms. The molecule has 0 radical (unpaired) electrons. The van der Waals surface area contributed by atoms with Crippen molar-refractivity contribution in [2.24, 2.45) is 0 Å². The highest BCUT2D eigenvalue weighted by molar-refractivity contribution is 5.37. The number of fused-ring (bicyclic) bond motifs is 1. The lowest BCUT2D eigenvalue weighted by Crippen LogP contribution is -2.17. The molecule has 2 heteroatoms. The number of aryl methyl sites for hydroxylation is 2. The quantitative estimate of drug-likeness (QED) is 0.757. The lowest BCUT2D eigenvalue weighted by Gasteiger charge is -2.16. The molecule has 19 heavy (non-hydrogen) atoms. The molecule has 1 fully saturated rings. The summed E-state index contributed by atoms with van der Waals surface area (Å²) in [4.78, 5) is 0. The second kappa shape index (κ2) is 6.42. The van der Waals surface area contributed by atoms with Crippen LogP contribution in [0.15, 0.2) is 18.2 Å². The van der Waals surface area contributed by atoms with Crippen molar-refractivity contribution in [2.45, 2.75) is 57.4 Å². The maximum Gasteiger partial charge on any atom is 0.119 e. The van der Waals surface area contributed by atoms with Crippen LogP contribution in [0.4, 0.5) is 0 Å². The summed E-state index contributed by atoms with van der Waals surface area (Å²) < 4.78 is 5.87. The van der Waals surface area contributed by atoms with Crippen molar-refractivity contribution in [3.8, 4) is 5.75 Å². The molecular formula is C17H25NO. The fraction of sp³-hybridized carbons (Fsp3) is 0.647. The van der Waals surface area contributed by atoms with Gasteiger partial charge in [-0.15, -0.1) is 0 Å². The number of benzene rings is 1. The Balaban J connectivity index is 1.37. The summed E-state index contributed by atoms with van der Waals surface area (Å²) in [6.45, 7) is 2.00. The Bertz CT molecular complexity index is 412. The minimum absolute atomic E-state index is 0.835.